The summed E-state index contributed by atoms with van der Waals surface area (Å²) in [5.74, 6) is -0.0451. The van der Waals surface area contributed by atoms with Crippen molar-refractivity contribution in [1.29, 1.82) is 0 Å². The summed E-state index contributed by atoms with van der Waals surface area (Å²) in [5.41, 5.74) is 3.15. The molecule has 0 saturated carbocycles. The molecule has 1 aliphatic rings. The number of hydrogen-bond acceptors (Lipinski definition) is 6. The van der Waals surface area contributed by atoms with E-state index in [4.69, 9.17) is 9.47 Å². The standard InChI is InChI=1S/C16H18N2O4S/c19-13-3-1-11(2-4-13)16(20)18-14-5-6-21-8-15(14)22-7-12-9-23-10-17-12/h1-4,9-10,14-15,19H,5-8H2,(H,18,20). The van der Waals surface area contributed by atoms with Crippen LogP contribution < -0.4 is 5.32 Å². The van der Waals surface area contributed by atoms with E-state index in [0.717, 1.165) is 5.69 Å². The molecule has 7 heteroatoms. The highest BCUT2D eigenvalue weighted by atomic mass is 32.1. The highest BCUT2D eigenvalue weighted by molar-refractivity contribution is 7.07. The second-order valence-electron chi connectivity index (χ2n) is 5.32. The Bertz CT molecular complexity index is 630. The number of phenols is 1. The number of carbonyl (C=O) groups excluding carboxylic acids is 1. The van der Waals surface area contributed by atoms with E-state index in [2.05, 4.69) is 10.3 Å². The molecule has 2 heterocycles. The average molecular weight is 334 g/mol. The zero-order valence-electron chi connectivity index (χ0n) is 12.5. The van der Waals surface area contributed by atoms with Crippen molar-refractivity contribution in [3.05, 3.63) is 46.4 Å². The minimum absolute atomic E-state index is 0.108. The summed E-state index contributed by atoms with van der Waals surface area (Å²) >= 11 is 1.52. The van der Waals surface area contributed by atoms with Crippen LogP contribution in [-0.2, 0) is 16.1 Å². The van der Waals surface area contributed by atoms with Crippen molar-refractivity contribution in [2.24, 2.45) is 0 Å². The third-order valence-corrected chi connectivity index (χ3v) is 4.31. The van der Waals surface area contributed by atoms with Crippen molar-refractivity contribution in [3.8, 4) is 5.75 Å². The Balaban J connectivity index is 1.59. The highest BCUT2D eigenvalue weighted by Crippen LogP contribution is 2.16. The number of carbonyl (C=O) groups is 1. The van der Waals surface area contributed by atoms with Gasteiger partial charge in [-0.25, -0.2) is 4.98 Å². The Morgan fingerprint density at radius 3 is 3.00 bits per heavy atom. The lowest BCUT2D eigenvalue weighted by atomic mass is 10.1. The molecular weight excluding hydrogens is 316 g/mol. The van der Waals surface area contributed by atoms with Crippen molar-refractivity contribution in [2.45, 2.75) is 25.2 Å². The predicted molar refractivity (Wildman–Crippen MR) is 85.5 cm³/mol. The van der Waals surface area contributed by atoms with Gasteiger partial charge in [-0.2, -0.15) is 0 Å². The van der Waals surface area contributed by atoms with Gasteiger partial charge in [0.15, 0.2) is 0 Å². The first-order valence-electron chi connectivity index (χ1n) is 7.38. The Hall–Kier alpha value is -1.96. The fourth-order valence-corrected chi connectivity index (χ4v) is 2.95. The fraction of sp³-hybridized carbons (Fsp3) is 0.375. The number of ether oxygens (including phenoxy) is 2. The van der Waals surface area contributed by atoms with Crippen LogP contribution in [0, 0.1) is 0 Å². The Kier molecular flexibility index (Phi) is 5.22. The topological polar surface area (TPSA) is 80.7 Å². The second-order valence-corrected chi connectivity index (χ2v) is 6.04. The van der Waals surface area contributed by atoms with Gasteiger partial charge in [0.05, 0.1) is 30.5 Å². The van der Waals surface area contributed by atoms with E-state index in [9.17, 15) is 9.90 Å². The molecule has 2 atom stereocenters. The zero-order chi connectivity index (χ0) is 16.1. The van der Waals surface area contributed by atoms with E-state index in [1.165, 1.54) is 23.5 Å². The smallest absolute Gasteiger partial charge is 0.251 e. The largest absolute Gasteiger partial charge is 0.508 e. The van der Waals surface area contributed by atoms with E-state index in [1.54, 1.807) is 17.6 Å². The van der Waals surface area contributed by atoms with Crippen LogP contribution in [-0.4, -0.2) is 41.4 Å². The third-order valence-electron chi connectivity index (χ3n) is 3.68. The van der Waals surface area contributed by atoms with Gasteiger partial charge >= 0.3 is 0 Å². The molecule has 2 N–H and O–H groups in total. The van der Waals surface area contributed by atoms with Crippen molar-refractivity contribution in [3.63, 3.8) is 0 Å². The number of amides is 1. The van der Waals surface area contributed by atoms with Gasteiger partial charge in [0, 0.05) is 17.6 Å². The van der Waals surface area contributed by atoms with Gasteiger partial charge in [-0.3, -0.25) is 4.79 Å². The first-order valence-corrected chi connectivity index (χ1v) is 8.33. The molecule has 3 rings (SSSR count). The van der Waals surface area contributed by atoms with Gasteiger partial charge in [-0.05, 0) is 30.7 Å². The summed E-state index contributed by atoms with van der Waals surface area (Å²) in [5, 5.41) is 14.2. The molecule has 1 aromatic carbocycles. The molecule has 0 spiro atoms. The van der Waals surface area contributed by atoms with Crippen LogP contribution in [0.4, 0.5) is 0 Å². The van der Waals surface area contributed by atoms with E-state index < -0.39 is 0 Å². The zero-order valence-corrected chi connectivity index (χ0v) is 13.3. The molecule has 6 nitrogen and oxygen atoms in total. The van der Waals surface area contributed by atoms with Crippen molar-refractivity contribution >= 4 is 17.2 Å². The highest BCUT2D eigenvalue weighted by Gasteiger charge is 2.28. The van der Waals surface area contributed by atoms with Crippen LogP contribution in [0.3, 0.4) is 0 Å². The number of benzene rings is 1. The summed E-state index contributed by atoms with van der Waals surface area (Å²) < 4.78 is 11.3. The normalized spacial score (nSPS) is 21.0. The molecule has 2 unspecified atom stereocenters. The summed E-state index contributed by atoms with van der Waals surface area (Å²) in [7, 11) is 0. The number of thiazole rings is 1. The van der Waals surface area contributed by atoms with Gasteiger partial charge in [-0.1, -0.05) is 0 Å². The molecule has 0 radical (unpaired) electrons. The van der Waals surface area contributed by atoms with Crippen LogP contribution in [0.15, 0.2) is 35.2 Å². The van der Waals surface area contributed by atoms with Gasteiger partial charge in [0.25, 0.3) is 5.91 Å². The number of aromatic hydroxyl groups is 1. The van der Waals surface area contributed by atoms with Crippen molar-refractivity contribution in [2.75, 3.05) is 13.2 Å². The maximum Gasteiger partial charge on any atom is 0.251 e. The lowest BCUT2D eigenvalue weighted by molar-refractivity contribution is -0.0742. The maximum atomic E-state index is 12.3. The number of aromatic nitrogens is 1. The Morgan fingerprint density at radius 2 is 2.26 bits per heavy atom. The van der Waals surface area contributed by atoms with Crippen LogP contribution in [0.1, 0.15) is 22.5 Å². The fourth-order valence-electron chi connectivity index (χ4n) is 2.41. The number of hydrogen-bond donors (Lipinski definition) is 2. The van der Waals surface area contributed by atoms with Gasteiger partial charge < -0.3 is 19.9 Å². The lowest BCUT2D eigenvalue weighted by Gasteiger charge is -2.32. The van der Waals surface area contributed by atoms with Crippen molar-refractivity contribution < 1.29 is 19.4 Å². The molecule has 0 bridgehead atoms. The molecule has 1 aliphatic heterocycles. The molecule has 122 valence electrons. The maximum absolute atomic E-state index is 12.3. The predicted octanol–water partition coefficient (Wildman–Crippen LogP) is 1.95. The van der Waals surface area contributed by atoms with Crippen LogP contribution >= 0.6 is 11.3 Å². The summed E-state index contributed by atoms with van der Waals surface area (Å²) in [6.07, 6.45) is 0.498. The third kappa shape index (κ3) is 4.28. The number of phenolic OH excluding ortho intramolecular Hbond substituents is 1. The molecule has 1 amide bonds. The monoisotopic (exact) mass is 334 g/mol. The van der Waals surface area contributed by atoms with Crippen LogP contribution in [0.2, 0.25) is 0 Å². The molecule has 2 aromatic rings. The van der Waals surface area contributed by atoms with E-state index in [0.29, 0.717) is 31.8 Å². The van der Waals surface area contributed by atoms with Crippen molar-refractivity contribution in [1.82, 2.24) is 10.3 Å². The molecule has 1 saturated heterocycles. The summed E-state index contributed by atoms with van der Waals surface area (Å²) in [6, 6.07) is 6.07. The summed E-state index contributed by atoms with van der Waals surface area (Å²) in [4.78, 5) is 16.5. The first-order chi connectivity index (χ1) is 11.2. The lowest BCUT2D eigenvalue weighted by Crippen LogP contribution is -2.49. The van der Waals surface area contributed by atoms with E-state index in [-0.39, 0.29) is 23.8 Å². The quantitative estimate of drug-likeness (QED) is 0.873. The number of rotatable bonds is 5. The first kappa shape index (κ1) is 15.9. The van der Waals surface area contributed by atoms with Crippen LogP contribution in [0.5, 0.6) is 5.75 Å². The molecule has 1 aromatic heterocycles. The minimum Gasteiger partial charge on any atom is -0.508 e. The van der Waals surface area contributed by atoms with E-state index >= 15 is 0 Å². The molecule has 1 fully saturated rings. The SMILES string of the molecule is O=C(NC1CCOCC1OCc1cscn1)c1ccc(O)cc1. The van der Waals surface area contributed by atoms with Gasteiger partial charge in [0.2, 0.25) is 0 Å². The number of nitrogens with zero attached hydrogens (tertiary/aromatic N) is 1. The number of nitrogens with one attached hydrogen (secondary N) is 1. The van der Waals surface area contributed by atoms with Crippen LogP contribution in [0.25, 0.3) is 0 Å². The average Bonchev–Trinajstić information content (AvgIpc) is 3.08. The summed E-state index contributed by atoms with van der Waals surface area (Å²) in [6.45, 7) is 1.45. The van der Waals surface area contributed by atoms with E-state index in [1.807, 2.05) is 5.38 Å². The minimum atomic E-state index is -0.202. The molecule has 0 aliphatic carbocycles. The second kappa shape index (κ2) is 7.54. The van der Waals surface area contributed by atoms with Gasteiger partial charge in [0.1, 0.15) is 11.9 Å². The Labute approximate surface area is 138 Å². The molecular formula is C16H18N2O4S. The Morgan fingerprint density at radius 1 is 1.43 bits per heavy atom. The molecule has 23 heavy (non-hydrogen) atoms. The van der Waals surface area contributed by atoms with Gasteiger partial charge in [-0.15, -0.1) is 11.3 Å².